The van der Waals surface area contributed by atoms with Gasteiger partial charge in [-0.25, -0.2) is 9.18 Å². The van der Waals surface area contributed by atoms with Crippen LogP contribution in [0.1, 0.15) is 42.4 Å². The number of rotatable bonds is 11. The number of hydrogen-bond acceptors (Lipinski definition) is 6. The standard InChI is InChI=1S/C30H37FN4O6/c31-24-14-13-22(19-40-20-27(32)36)17-23(24)11-5-6-12-25-29(38)34-26(18-21-9-3-1-4-10-21)28(37)33-15-7-2-8-16-41-30(39)35-25/h1-4,8-10,13-14,17,25-26H,5-7,11-12,15-16,18-20H2,(H2,32,36)(H,33,37)(H,34,38)(H,35,39)/t25-,26+/m0/s1. The minimum absolute atomic E-state index is 0.0313. The van der Waals surface area contributed by atoms with Crippen LogP contribution in [0.4, 0.5) is 9.18 Å². The molecule has 0 saturated carbocycles. The van der Waals surface area contributed by atoms with Gasteiger partial charge in [0.25, 0.3) is 0 Å². The summed E-state index contributed by atoms with van der Waals surface area (Å²) in [5.74, 6) is -1.78. The molecule has 1 aliphatic rings. The van der Waals surface area contributed by atoms with Gasteiger partial charge >= 0.3 is 6.09 Å². The highest BCUT2D eigenvalue weighted by Crippen LogP contribution is 2.16. The lowest BCUT2D eigenvalue weighted by molar-refractivity contribution is -0.130. The minimum atomic E-state index is -0.959. The molecule has 10 nitrogen and oxygen atoms in total. The normalized spacial score (nSPS) is 18.4. The lowest BCUT2D eigenvalue weighted by Crippen LogP contribution is -2.54. The van der Waals surface area contributed by atoms with E-state index in [1.54, 1.807) is 24.3 Å². The molecular weight excluding hydrogens is 531 g/mol. The van der Waals surface area contributed by atoms with Crippen molar-refractivity contribution in [1.29, 1.82) is 0 Å². The number of nitrogens with one attached hydrogen (secondary N) is 3. The molecule has 2 aromatic rings. The Morgan fingerprint density at radius 2 is 1.78 bits per heavy atom. The van der Waals surface area contributed by atoms with Gasteiger partial charge < -0.3 is 31.2 Å². The van der Waals surface area contributed by atoms with Crippen LogP contribution in [0.5, 0.6) is 0 Å². The van der Waals surface area contributed by atoms with Gasteiger partial charge in [-0.1, -0.05) is 61.0 Å². The third kappa shape index (κ3) is 11.4. The summed E-state index contributed by atoms with van der Waals surface area (Å²) in [7, 11) is 0. The second-order valence-electron chi connectivity index (χ2n) is 9.73. The number of cyclic esters (lactones) is 1. The molecule has 3 rings (SSSR count). The predicted molar refractivity (Wildman–Crippen MR) is 150 cm³/mol. The number of primary amides is 1. The van der Waals surface area contributed by atoms with Gasteiger partial charge in [-0.15, -0.1) is 0 Å². The topological polar surface area (TPSA) is 149 Å². The quantitative estimate of drug-likeness (QED) is 0.242. The molecule has 0 bridgehead atoms. The van der Waals surface area contributed by atoms with Crippen LogP contribution in [-0.4, -0.2) is 55.7 Å². The Balaban J connectivity index is 1.64. The first-order valence-electron chi connectivity index (χ1n) is 13.7. The maximum Gasteiger partial charge on any atom is 0.408 e. The number of unbranched alkanes of at least 4 members (excludes halogenated alkanes) is 1. The minimum Gasteiger partial charge on any atom is -0.445 e. The van der Waals surface area contributed by atoms with E-state index in [1.807, 2.05) is 30.3 Å². The lowest BCUT2D eigenvalue weighted by Gasteiger charge is -2.23. The van der Waals surface area contributed by atoms with Crippen molar-refractivity contribution in [2.75, 3.05) is 19.8 Å². The van der Waals surface area contributed by atoms with Gasteiger partial charge in [0.15, 0.2) is 0 Å². The van der Waals surface area contributed by atoms with E-state index in [0.29, 0.717) is 43.4 Å². The van der Waals surface area contributed by atoms with Gasteiger partial charge in [-0.3, -0.25) is 14.4 Å². The maximum absolute atomic E-state index is 14.4. The first kappa shape index (κ1) is 31.3. The molecule has 0 aromatic heterocycles. The third-order valence-electron chi connectivity index (χ3n) is 6.42. The number of aryl methyl sites for hydroxylation is 1. The molecule has 11 heteroatoms. The first-order valence-corrected chi connectivity index (χ1v) is 13.7. The SMILES string of the molecule is NC(=O)COCc1ccc(F)c(CCCC[C@@H]2NC(=O)OCC=CCCNC(=O)[C@@H](Cc3ccccc3)NC2=O)c1. The van der Waals surface area contributed by atoms with E-state index in [4.69, 9.17) is 15.2 Å². The molecule has 0 fully saturated rings. The van der Waals surface area contributed by atoms with E-state index in [-0.39, 0.29) is 44.4 Å². The molecule has 0 spiro atoms. The fourth-order valence-electron chi connectivity index (χ4n) is 4.34. The van der Waals surface area contributed by atoms with Gasteiger partial charge in [0.2, 0.25) is 17.7 Å². The van der Waals surface area contributed by atoms with Gasteiger partial charge in [0.05, 0.1) is 6.61 Å². The summed E-state index contributed by atoms with van der Waals surface area (Å²) in [6.45, 7) is 0.303. The van der Waals surface area contributed by atoms with Gasteiger partial charge in [-0.05, 0) is 48.4 Å². The number of alkyl carbamates (subject to hydrolysis) is 1. The highest BCUT2D eigenvalue weighted by Gasteiger charge is 2.27. The maximum atomic E-state index is 14.4. The van der Waals surface area contributed by atoms with E-state index in [2.05, 4.69) is 16.0 Å². The molecule has 5 N–H and O–H groups in total. The number of hydrogen-bond donors (Lipinski definition) is 4. The first-order chi connectivity index (χ1) is 19.8. The van der Waals surface area contributed by atoms with Crippen molar-refractivity contribution in [3.8, 4) is 0 Å². The van der Waals surface area contributed by atoms with Crippen LogP contribution in [0.15, 0.2) is 60.7 Å². The number of carbonyl (C=O) groups is 4. The Hall–Kier alpha value is -4.25. The van der Waals surface area contributed by atoms with Crippen molar-refractivity contribution in [3.63, 3.8) is 0 Å². The number of halogens is 1. The van der Waals surface area contributed by atoms with Crippen molar-refractivity contribution in [1.82, 2.24) is 16.0 Å². The Morgan fingerprint density at radius 3 is 2.56 bits per heavy atom. The fraction of sp³-hybridized carbons (Fsp3) is 0.400. The molecule has 41 heavy (non-hydrogen) atoms. The molecule has 2 aromatic carbocycles. The molecule has 1 aliphatic heterocycles. The number of benzene rings is 2. The van der Waals surface area contributed by atoms with Gasteiger partial charge in [-0.2, -0.15) is 0 Å². The van der Waals surface area contributed by atoms with E-state index in [0.717, 1.165) is 5.56 Å². The highest BCUT2D eigenvalue weighted by molar-refractivity contribution is 5.91. The monoisotopic (exact) mass is 568 g/mol. The fourth-order valence-corrected chi connectivity index (χ4v) is 4.34. The number of ether oxygens (including phenoxy) is 2. The van der Waals surface area contributed by atoms with Gasteiger partial charge in [0.1, 0.15) is 31.1 Å². The lowest BCUT2D eigenvalue weighted by atomic mass is 10.0. The second-order valence-corrected chi connectivity index (χ2v) is 9.73. The van der Waals surface area contributed by atoms with Crippen LogP contribution < -0.4 is 21.7 Å². The van der Waals surface area contributed by atoms with Crippen LogP contribution in [0.25, 0.3) is 0 Å². The molecule has 2 atom stereocenters. The average molecular weight is 569 g/mol. The van der Waals surface area contributed by atoms with Crippen LogP contribution in [0.3, 0.4) is 0 Å². The van der Waals surface area contributed by atoms with Crippen molar-refractivity contribution >= 4 is 23.8 Å². The van der Waals surface area contributed by atoms with Crippen molar-refractivity contribution in [2.24, 2.45) is 5.73 Å². The van der Waals surface area contributed by atoms with Crippen LogP contribution >= 0.6 is 0 Å². The molecule has 0 unspecified atom stereocenters. The third-order valence-corrected chi connectivity index (χ3v) is 6.42. The Kier molecular flexibility index (Phi) is 12.8. The summed E-state index contributed by atoms with van der Waals surface area (Å²) in [6, 6.07) is 12.1. The number of carbonyl (C=O) groups excluding carboxylic acids is 4. The van der Waals surface area contributed by atoms with Crippen molar-refractivity contribution < 1.29 is 33.0 Å². The van der Waals surface area contributed by atoms with E-state index >= 15 is 0 Å². The molecule has 1 heterocycles. The van der Waals surface area contributed by atoms with Crippen LogP contribution in [0.2, 0.25) is 0 Å². The number of nitrogens with two attached hydrogens (primary N) is 1. The van der Waals surface area contributed by atoms with E-state index < -0.39 is 30.0 Å². The zero-order valence-electron chi connectivity index (χ0n) is 22.9. The van der Waals surface area contributed by atoms with Crippen LogP contribution in [0, 0.1) is 5.82 Å². The molecule has 220 valence electrons. The summed E-state index contributed by atoms with van der Waals surface area (Å²) in [5.41, 5.74) is 7.13. The predicted octanol–water partition coefficient (Wildman–Crippen LogP) is 2.44. The van der Waals surface area contributed by atoms with Crippen LogP contribution in [-0.2, 0) is 43.3 Å². The Bertz CT molecular complexity index is 1210. The molecule has 0 aliphatic carbocycles. The summed E-state index contributed by atoms with van der Waals surface area (Å²) >= 11 is 0. The van der Waals surface area contributed by atoms with Gasteiger partial charge in [0, 0.05) is 13.0 Å². The highest BCUT2D eigenvalue weighted by atomic mass is 19.1. The van der Waals surface area contributed by atoms with E-state index in [1.165, 1.54) is 6.07 Å². The smallest absolute Gasteiger partial charge is 0.408 e. The Labute approximate surface area is 238 Å². The Morgan fingerprint density at radius 1 is 0.976 bits per heavy atom. The summed E-state index contributed by atoms with van der Waals surface area (Å²) < 4.78 is 24.8. The molecule has 0 saturated heterocycles. The summed E-state index contributed by atoms with van der Waals surface area (Å²) in [6.07, 6.45) is 5.22. The molecular formula is C30H37FN4O6. The van der Waals surface area contributed by atoms with Crippen molar-refractivity contribution in [3.05, 3.63) is 83.2 Å². The zero-order chi connectivity index (χ0) is 29.5. The summed E-state index contributed by atoms with van der Waals surface area (Å²) in [5, 5.41) is 8.25. The summed E-state index contributed by atoms with van der Waals surface area (Å²) in [4.78, 5) is 49.5. The van der Waals surface area contributed by atoms with Crippen molar-refractivity contribution in [2.45, 2.75) is 57.2 Å². The molecule has 4 amide bonds. The zero-order valence-corrected chi connectivity index (χ0v) is 22.9. The molecule has 0 radical (unpaired) electrons. The van der Waals surface area contributed by atoms with E-state index in [9.17, 15) is 23.6 Å². The largest absolute Gasteiger partial charge is 0.445 e. The average Bonchev–Trinajstić information content (AvgIpc) is 2.95. The second kappa shape index (κ2) is 16.8. The number of amides is 4.